The molecule has 1 aliphatic rings. The van der Waals surface area contributed by atoms with Gasteiger partial charge in [0.15, 0.2) is 0 Å². The lowest BCUT2D eigenvalue weighted by Crippen LogP contribution is -2.39. The lowest BCUT2D eigenvalue weighted by atomic mass is 10.2. The van der Waals surface area contributed by atoms with Crippen molar-refractivity contribution in [3.8, 4) is 11.6 Å². The molecule has 1 aromatic carbocycles. The largest absolute Gasteiger partial charge is 0.439 e. The fourth-order valence-electron chi connectivity index (χ4n) is 2.86. The van der Waals surface area contributed by atoms with Crippen molar-refractivity contribution in [2.45, 2.75) is 13.0 Å². The number of nitrogens with one attached hydrogen (secondary N) is 2. The lowest BCUT2D eigenvalue weighted by molar-refractivity contribution is 0.0375. The second kappa shape index (κ2) is 10.6. The zero-order valence-corrected chi connectivity index (χ0v) is 15.7. The highest BCUT2D eigenvalue weighted by molar-refractivity contribution is 5.73. The predicted octanol–water partition coefficient (Wildman–Crippen LogP) is 2.53. The van der Waals surface area contributed by atoms with E-state index in [0.29, 0.717) is 23.7 Å². The first-order valence-corrected chi connectivity index (χ1v) is 9.40. The van der Waals surface area contributed by atoms with Crippen LogP contribution >= 0.6 is 0 Å². The third kappa shape index (κ3) is 6.47. The van der Waals surface area contributed by atoms with Gasteiger partial charge in [0, 0.05) is 44.0 Å². The van der Waals surface area contributed by atoms with Crippen LogP contribution in [0.2, 0.25) is 0 Å². The number of hydrogen-bond donors (Lipinski definition) is 2. The van der Waals surface area contributed by atoms with Gasteiger partial charge in [-0.2, -0.15) is 0 Å². The first-order chi connectivity index (χ1) is 13.7. The molecule has 1 saturated heterocycles. The van der Waals surface area contributed by atoms with Crippen LogP contribution in [0.25, 0.3) is 0 Å². The minimum Gasteiger partial charge on any atom is -0.439 e. The number of nitrogens with zero attached hydrogens (tertiary/aromatic N) is 2. The number of rotatable bonds is 8. The average Bonchev–Trinajstić information content (AvgIpc) is 2.71. The van der Waals surface area contributed by atoms with E-state index in [4.69, 9.17) is 9.47 Å². The smallest absolute Gasteiger partial charge is 0.315 e. The molecule has 0 radical (unpaired) electrons. The van der Waals surface area contributed by atoms with Gasteiger partial charge in [-0.25, -0.2) is 14.2 Å². The Balaban J connectivity index is 1.42. The maximum Gasteiger partial charge on any atom is 0.315 e. The van der Waals surface area contributed by atoms with E-state index in [1.165, 1.54) is 12.1 Å². The SMILES string of the molecule is O=C(NCCCN1CCOCC1)NCc1cccnc1Oc1cccc(F)c1. The molecule has 0 unspecified atom stereocenters. The summed E-state index contributed by atoms with van der Waals surface area (Å²) in [6, 6.07) is 9.16. The zero-order chi connectivity index (χ0) is 19.6. The van der Waals surface area contributed by atoms with Gasteiger partial charge in [-0.15, -0.1) is 0 Å². The number of urea groups is 1. The normalized spacial score (nSPS) is 14.5. The molecule has 2 N–H and O–H groups in total. The molecule has 7 nitrogen and oxygen atoms in total. The lowest BCUT2D eigenvalue weighted by Gasteiger charge is -2.26. The fraction of sp³-hybridized carbons (Fsp3) is 0.400. The molecule has 2 amide bonds. The summed E-state index contributed by atoms with van der Waals surface area (Å²) in [5, 5.41) is 5.65. The van der Waals surface area contributed by atoms with E-state index in [0.717, 1.165) is 39.3 Å². The van der Waals surface area contributed by atoms with Crippen LogP contribution in [0.1, 0.15) is 12.0 Å². The minimum atomic E-state index is -0.385. The monoisotopic (exact) mass is 388 g/mol. The number of carbonyl (C=O) groups is 1. The van der Waals surface area contributed by atoms with Crippen molar-refractivity contribution < 1.29 is 18.7 Å². The molecule has 28 heavy (non-hydrogen) atoms. The van der Waals surface area contributed by atoms with Crippen LogP contribution in [-0.2, 0) is 11.3 Å². The van der Waals surface area contributed by atoms with Crippen molar-refractivity contribution in [3.63, 3.8) is 0 Å². The molecule has 0 spiro atoms. The molecule has 1 aliphatic heterocycles. The molecule has 1 fully saturated rings. The summed E-state index contributed by atoms with van der Waals surface area (Å²) in [5.74, 6) is 0.304. The van der Waals surface area contributed by atoms with Crippen molar-refractivity contribution >= 4 is 6.03 Å². The zero-order valence-electron chi connectivity index (χ0n) is 15.7. The van der Waals surface area contributed by atoms with Gasteiger partial charge in [0.05, 0.1) is 13.2 Å². The quantitative estimate of drug-likeness (QED) is 0.680. The maximum absolute atomic E-state index is 13.3. The van der Waals surface area contributed by atoms with Gasteiger partial charge in [-0.1, -0.05) is 12.1 Å². The Bertz CT molecular complexity index is 769. The van der Waals surface area contributed by atoms with Gasteiger partial charge in [-0.05, 0) is 31.2 Å². The number of halogens is 1. The van der Waals surface area contributed by atoms with Crippen molar-refractivity contribution in [1.29, 1.82) is 0 Å². The van der Waals surface area contributed by atoms with Gasteiger partial charge in [-0.3, -0.25) is 4.90 Å². The molecule has 2 aromatic rings. The fourth-order valence-corrected chi connectivity index (χ4v) is 2.86. The van der Waals surface area contributed by atoms with E-state index in [-0.39, 0.29) is 18.4 Å². The summed E-state index contributed by atoms with van der Waals surface area (Å²) < 4.78 is 24.3. The number of hydrogen-bond acceptors (Lipinski definition) is 5. The van der Waals surface area contributed by atoms with Crippen LogP contribution in [0.5, 0.6) is 11.6 Å². The van der Waals surface area contributed by atoms with E-state index in [9.17, 15) is 9.18 Å². The number of benzene rings is 1. The van der Waals surface area contributed by atoms with Crippen molar-refractivity contribution in [2.75, 3.05) is 39.4 Å². The summed E-state index contributed by atoms with van der Waals surface area (Å²) >= 11 is 0. The first-order valence-electron chi connectivity index (χ1n) is 9.40. The second-order valence-corrected chi connectivity index (χ2v) is 6.44. The molecule has 1 aromatic heterocycles. The number of morpholine rings is 1. The van der Waals surface area contributed by atoms with Crippen LogP contribution in [0.3, 0.4) is 0 Å². The third-order valence-corrected chi connectivity index (χ3v) is 4.34. The molecule has 0 saturated carbocycles. The maximum atomic E-state index is 13.3. The number of carbonyl (C=O) groups excluding carboxylic acids is 1. The Kier molecular flexibility index (Phi) is 7.57. The van der Waals surface area contributed by atoms with Crippen molar-refractivity contribution in [2.24, 2.45) is 0 Å². The van der Waals surface area contributed by atoms with Gasteiger partial charge >= 0.3 is 6.03 Å². The Labute approximate surface area is 163 Å². The molecule has 3 rings (SSSR count). The number of aromatic nitrogens is 1. The third-order valence-electron chi connectivity index (χ3n) is 4.34. The van der Waals surface area contributed by atoms with Gasteiger partial charge in [0.25, 0.3) is 0 Å². The first kappa shape index (κ1) is 20.0. The van der Waals surface area contributed by atoms with Crippen LogP contribution in [0.15, 0.2) is 42.6 Å². The topological polar surface area (TPSA) is 75.7 Å². The molecule has 0 bridgehead atoms. The van der Waals surface area contributed by atoms with Crippen LogP contribution in [-0.4, -0.2) is 55.3 Å². The highest BCUT2D eigenvalue weighted by Crippen LogP contribution is 2.23. The summed E-state index contributed by atoms with van der Waals surface area (Å²) in [5.41, 5.74) is 0.704. The average molecular weight is 388 g/mol. The molecule has 0 aliphatic carbocycles. The van der Waals surface area contributed by atoms with E-state index in [1.807, 2.05) is 0 Å². The van der Waals surface area contributed by atoms with E-state index >= 15 is 0 Å². The molecule has 8 heteroatoms. The summed E-state index contributed by atoms with van der Waals surface area (Å²) in [6.07, 6.45) is 2.47. The van der Waals surface area contributed by atoms with Crippen molar-refractivity contribution in [1.82, 2.24) is 20.5 Å². The summed E-state index contributed by atoms with van der Waals surface area (Å²) in [4.78, 5) is 18.5. The number of amides is 2. The number of ether oxygens (including phenoxy) is 2. The molecular formula is C20H25FN4O3. The molecular weight excluding hydrogens is 363 g/mol. The van der Waals surface area contributed by atoms with E-state index in [1.54, 1.807) is 30.5 Å². The Hall–Kier alpha value is -2.71. The molecule has 150 valence electrons. The molecule has 0 atom stereocenters. The highest BCUT2D eigenvalue weighted by Gasteiger charge is 2.10. The van der Waals surface area contributed by atoms with Gasteiger partial charge in [0.2, 0.25) is 5.88 Å². The Morgan fingerprint density at radius 3 is 2.89 bits per heavy atom. The summed E-state index contributed by atoms with van der Waals surface area (Å²) in [6.45, 7) is 5.25. The molecule has 2 heterocycles. The van der Waals surface area contributed by atoms with Crippen molar-refractivity contribution in [3.05, 3.63) is 54.0 Å². The van der Waals surface area contributed by atoms with E-state index in [2.05, 4.69) is 20.5 Å². The minimum absolute atomic E-state index is 0.248. The van der Waals surface area contributed by atoms with Crippen LogP contribution < -0.4 is 15.4 Å². The van der Waals surface area contributed by atoms with Gasteiger partial charge in [0.1, 0.15) is 11.6 Å². The van der Waals surface area contributed by atoms with E-state index < -0.39 is 0 Å². The Morgan fingerprint density at radius 1 is 1.21 bits per heavy atom. The predicted molar refractivity (Wildman–Crippen MR) is 103 cm³/mol. The summed E-state index contributed by atoms with van der Waals surface area (Å²) in [7, 11) is 0. The Morgan fingerprint density at radius 2 is 2.07 bits per heavy atom. The van der Waals surface area contributed by atoms with Crippen LogP contribution in [0.4, 0.5) is 9.18 Å². The highest BCUT2D eigenvalue weighted by atomic mass is 19.1. The van der Waals surface area contributed by atoms with Gasteiger partial charge < -0.3 is 20.1 Å². The van der Waals surface area contributed by atoms with Crippen LogP contribution in [0, 0.1) is 5.82 Å². The second-order valence-electron chi connectivity index (χ2n) is 6.44. The number of pyridine rings is 1. The standard InChI is InChI=1S/C20H25FN4O3/c21-17-5-1-6-18(14-17)28-19-16(4-2-7-22-19)15-24-20(26)23-8-3-9-25-10-12-27-13-11-25/h1-2,4-7,14H,3,8-13,15H2,(H2,23,24,26).